The van der Waals surface area contributed by atoms with E-state index in [1.54, 1.807) is 4.90 Å². The van der Waals surface area contributed by atoms with Crippen LogP contribution in [-0.4, -0.2) is 68.0 Å². The van der Waals surface area contributed by atoms with Gasteiger partial charge in [-0.25, -0.2) is 8.42 Å². The Labute approximate surface area is 119 Å². The summed E-state index contributed by atoms with van der Waals surface area (Å²) in [5.41, 5.74) is 0. The first-order chi connectivity index (χ1) is 8.97. The number of ether oxygens (including phenoxy) is 1. The smallest absolute Gasteiger partial charge is 0.232 e. The highest BCUT2D eigenvalue weighted by Gasteiger charge is 2.62. The van der Waals surface area contributed by atoms with Gasteiger partial charge in [0.1, 0.15) is 4.75 Å². The number of carbonyl (C=O) groups excluding carboxylic acids is 1. The first-order valence-corrected chi connectivity index (χ1v) is 9.58. The van der Waals surface area contributed by atoms with Crippen LogP contribution in [0.1, 0.15) is 13.3 Å². The lowest BCUT2D eigenvalue weighted by Crippen LogP contribution is -2.69. The molecule has 1 amide bonds. The molecule has 2 aliphatic rings. The largest absolute Gasteiger partial charge is 0.381 e. The quantitative estimate of drug-likeness (QED) is 0.736. The second-order valence-corrected chi connectivity index (χ2v) is 8.53. The number of sulfone groups is 1. The number of rotatable bonds is 5. The first-order valence-electron chi connectivity index (χ1n) is 6.53. The molecular formula is C12H21NO4S2. The summed E-state index contributed by atoms with van der Waals surface area (Å²) in [5, 5.41) is 0. The normalized spacial score (nSPS) is 27.5. The fraction of sp³-hybridized carbons (Fsp3) is 0.917. The zero-order valence-electron chi connectivity index (χ0n) is 11.4. The van der Waals surface area contributed by atoms with Crippen LogP contribution in [0.15, 0.2) is 0 Å². The number of likely N-dealkylation sites (tertiary alicyclic amines) is 1. The van der Waals surface area contributed by atoms with Gasteiger partial charge in [0, 0.05) is 25.6 Å². The molecule has 2 heterocycles. The van der Waals surface area contributed by atoms with Crippen molar-refractivity contribution in [2.45, 2.75) is 18.1 Å². The molecular weight excluding hydrogens is 286 g/mol. The number of amides is 1. The highest BCUT2D eigenvalue weighted by Crippen LogP contribution is 2.44. The number of nitrogens with zero attached hydrogens (tertiary/aromatic N) is 1. The fourth-order valence-electron chi connectivity index (χ4n) is 2.96. The van der Waals surface area contributed by atoms with Crippen LogP contribution in [0.2, 0.25) is 0 Å². The summed E-state index contributed by atoms with van der Waals surface area (Å²) in [6, 6.07) is 0. The lowest BCUT2D eigenvalue weighted by atomic mass is 9.83. The van der Waals surface area contributed by atoms with E-state index in [0.29, 0.717) is 38.5 Å². The third-order valence-electron chi connectivity index (χ3n) is 4.16. The molecule has 0 aromatic heterocycles. The van der Waals surface area contributed by atoms with Gasteiger partial charge in [-0.15, -0.1) is 0 Å². The molecule has 0 saturated carbocycles. The summed E-state index contributed by atoms with van der Waals surface area (Å²) in [7, 11) is -3.09. The van der Waals surface area contributed by atoms with Gasteiger partial charge < -0.3 is 9.64 Å². The maximum atomic E-state index is 12.3. The van der Waals surface area contributed by atoms with Crippen molar-refractivity contribution >= 4 is 27.5 Å². The van der Waals surface area contributed by atoms with Crippen LogP contribution in [0, 0.1) is 5.92 Å². The molecule has 110 valence electrons. The molecule has 1 spiro atoms. The van der Waals surface area contributed by atoms with Crippen LogP contribution < -0.4 is 0 Å². The Morgan fingerprint density at radius 1 is 1.47 bits per heavy atom. The van der Waals surface area contributed by atoms with Gasteiger partial charge in [0.15, 0.2) is 9.84 Å². The van der Waals surface area contributed by atoms with Crippen molar-refractivity contribution in [2.24, 2.45) is 5.92 Å². The van der Waals surface area contributed by atoms with Crippen LogP contribution >= 0.6 is 11.8 Å². The van der Waals surface area contributed by atoms with Gasteiger partial charge in [0.2, 0.25) is 5.91 Å². The molecule has 0 aromatic carbocycles. The number of carbonyl (C=O) groups is 1. The topological polar surface area (TPSA) is 63.7 Å². The number of hydrogen-bond acceptors (Lipinski definition) is 5. The molecule has 2 fully saturated rings. The summed E-state index contributed by atoms with van der Waals surface area (Å²) in [6.07, 6.45) is 2.53. The zero-order chi connectivity index (χ0) is 14.1. The second kappa shape index (κ2) is 5.61. The molecule has 19 heavy (non-hydrogen) atoms. The van der Waals surface area contributed by atoms with Crippen LogP contribution in [0.5, 0.6) is 0 Å². The zero-order valence-corrected chi connectivity index (χ0v) is 13.1. The van der Waals surface area contributed by atoms with Crippen LogP contribution in [0.25, 0.3) is 0 Å². The lowest BCUT2D eigenvalue weighted by Gasteiger charge is -2.49. The Bertz CT molecular complexity index is 443. The van der Waals surface area contributed by atoms with Crippen molar-refractivity contribution in [2.75, 3.05) is 44.1 Å². The van der Waals surface area contributed by atoms with Crippen molar-refractivity contribution in [3.05, 3.63) is 0 Å². The van der Waals surface area contributed by atoms with Crippen molar-refractivity contribution in [3.8, 4) is 0 Å². The first kappa shape index (κ1) is 15.1. The van der Waals surface area contributed by atoms with E-state index < -0.39 is 14.6 Å². The van der Waals surface area contributed by atoms with Crippen molar-refractivity contribution in [1.29, 1.82) is 0 Å². The van der Waals surface area contributed by atoms with Gasteiger partial charge in [-0.3, -0.25) is 4.79 Å². The van der Waals surface area contributed by atoms with Gasteiger partial charge in [0.05, 0.1) is 18.1 Å². The van der Waals surface area contributed by atoms with Gasteiger partial charge in [0.25, 0.3) is 0 Å². The fourth-order valence-corrected chi connectivity index (χ4v) is 5.79. The molecule has 0 N–H and O–H groups in total. The minimum atomic E-state index is -3.09. The van der Waals surface area contributed by atoms with E-state index in [1.165, 1.54) is 11.8 Å². The minimum absolute atomic E-state index is 0.0374. The summed E-state index contributed by atoms with van der Waals surface area (Å²) in [4.78, 5) is 13.4. The van der Waals surface area contributed by atoms with Gasteiger partial charge >= 0.3 is 0 Å². The third kappa shape index (κ3) is 2.52. The lowest BCUT2D eigenvalue weighted by molar-refractivity contribution is -0.134. The van der Waals surface area contributed by atoms with Gasteiger partial charge in [-0.05, 0) is 19.6 Å². The molecule has 2 rings (SSSR count). The third-order valence-corrected chi connectivity index (χ3v) is 7.30. The number of thioether (sulfide) groups is 1. The van der Waals surface area contributed by atoms with E-state index in [9.17, 15) is 13.2 Å². The van der Waals surface area contributed by atoms with E-state index in [-0.39, 0.29) is 17.6 Å². The molecule has 0 aliphatic carbocycles. The summed E-state index contributed by atoms with van der Waals surface area (Å²) < 4.78 is 29.2. The van der Waals surface area contributed by atoms with E-state index in [4.69, 9.17) is 4.74 Å². The summed E-state index contributed by atoms with van der Waals surface area (Å²) in [5.74, 6) is 0.729. The minimum Gasteiger partial charge on any atom is -0.381 e. The molecule has 2 aliphatic heterocycles. The van der Waals surface area contributed by atoms with E-state index in [2.05, 4.69) is 0 Å². The Morgan fingerprint density at radius 3 is 2.74 bits per heavy atom. The van der Waals surface area contributed by atoms with E-state index in [1.807, 2.05) is 13.2 Å². The predicted molar refractivity (Wildman–Crippen MR) is 76.1 cm³/mol. The molecule has 5 nitrogen and oxygen atoms in total. The van der Waals surface area contributed by atoms with E-state index >= 15 is 0 Å². The molecule has 0 aromatic rings. The Hall–Kier alpha value is -0.270. The molecule has 0 bridgehead atoms. The highest BCUT2D eigenvalue weighted by molar-refractivity contribution is 7.99. The van der Waals surface area contributed by atoms with Crippen molar-refractivity contribution in [1.82, 2.24) is 4.90 Å². The Balaban J connectivity index is 2.06. The predicted octanol–water partition coefficient (Wildman–Crippen LogP) is 0.402. The van der Waals surface area contributed by atoms with Crippen LogP contribution in [-0.2, 0) is 19.4 Å². The highest BCUT2D eigenvalue weighted by atomic mass is 32.2. The molecule has 1 atom stereocenters. The average Bonchev–Trinajstić information content (AvgIpc) is 2.56. The standard InChI is InChI=1S/C12H21NO4S2/c1-3-17-6-10-4-5-19(15,16)12(10)8-13(9-12)11(14)7-18-2/h10H,3-9H2,1-2H3/t10-/m0/s1. The average molecular weight is 307 g/mol. The summed E-state index contributed by atoms with van der Waals surface area (Å²) in [6.45, 7) is 3.70. The van der Waals surface area contributed by atoms with E-state index in [0.717, 1.165) is 0 Å². The van der Waals surface area contributed by atoms with Crippen molar-refractivity contribution in [3.63, 3.8) is 0 Å². The van der Waals surface area contributed by atoms with Crippen LogP contribution in [0.4, 0.5) is 0 Å². The molecule has 0 unspecified atom stereocenters. The Morgan fingerprint density at radius 2 is 2.16 bits per heavy atom. The van der Waals surface area contributed by atoms with Crippen LogP contribution in [0.3, 0.4) is 0 Å². The summed E-state index contributed by atoms with van der Waals surface area (Å²) >= 11 is 1.47. The monoisotopic (exact) mass is 307 g/mol. The van der Waals surface area contributed by atoms with Gasteiger partial charge in [-0.1, -0.05) is 0 Å². The molecule has 2 saturated heterocycles. The SMILES string of the molecule is CCOC[C@@H]1CCS(=O)(=O)C12CN(C(=O)CSC)C2. The van der Waals surface area contributed by atoms with Crippen molar-refractivity contribution < 1.29 is 17.9 Å². The molecule has 0 radical (unpaired) electrons. The maximum absolute atomic E-state index is 12.3. The van der Waals surface area contributed by atoms with Gasteiger partial charge in [-0.2, -0.15) is 11.8 Å². The Kier molecular flexibility index (Phi) is 4.47. The second-order valence-electron chi connectivity index (χ2n) is 5.21. The maximum Gasteiger partial charge on any atom is 0.232 e. The molecule has 7 heteroatoms. The number of hydrogen-bond donors (Lipinski definition) is 0.